The van der Waals surface area contributed by atoms with Crippen molar-refractivity contribution in [2.75, 3.05) is 20.3 Å². The first-order valence-corrected chi connectivity index (χ1v) is 5.16. The maximum Gasteiger partial charge on any atom is 0.133 e. The third-order valence-corrected chi connectivity index (χ3v) is 3.07. The summed E-state index contributed by atoms with van der Waals surface area (Å²) in [5, 5.41) is 0. The summed E-state index contributed by atoms with van der Waals surface area (Å²) in [5.74, 6) is 0.817. The van der Waals surface area contributed by atoms with Crippen molar-refractivity contribution < 1.29 is 9.47 Å². The van der Waals surface area contributed by atoms with Crippen molar-refractivity contribution in [2.45, 2.75) is 5.54 Å². The van der Waals surface area contributed by atoms with Crippen LogP contribution in [0.3, 0.4) is 0 Å². The molecule has 4 heteroatoms. The Hall–Kier alpha value is -0.580. The molecule has 1 saturated heterocycles. The molecule has 1 aromatic carbocycles. The SMILES string of the molecule is COc1ccc(C2(N)COC2)cc1Br. The van der Waals surface area contributed by atoms with Gasteiger partial charge in [-0.2, -0.15) is 0 Å². The van der Waals surface area contributed by atoms with Crippen LogP contribution in [0.4, 0.5) is 0 Å². The average Bonchev–Trinajstić information content (AvgIpc) is 2.14. The van der Waals surface area contributed by atoms with Crippen molar-refractivity contribution >= 4 is 15.9 Å². The van der Waals surface area contributed by atoms with Gasteiger partial charge in [-0.3, -0.25) is 0 Å². The number of hydrogen-bond acceptors (Lipinski definition) is 3. The van der Waals surface area contributed by atoms with E-state index in [1.165, 1.54) is 0 Å². The van der Waals surface area contributed by atoms with Gasteiger partial charge in [0.1, 0.15) is 5.75 Å². The highest BCUT2D eigenvalue weighted by atomic mass is 79.9. The van der Waals surface area contributed by atoms with Crippen LogP contribution in [-0.4, -0.2) is 20.3 Å². The summed E-state index contributed by atoms with van der Waals surface area (Å²) >= 11 is 3.43. The second-order valence-electron chi connectivity index (χ2n) is 3.50. The molecule has 1 aliphatic rings. The topological polar surface area (TPSA) is 44.5 Å². The van der Waals surface area contributed by atoms with Crippen LogP contribution in [0.15, 0.2) is 22.7 Å². The molecule has 0 amide bonds. The Morgan fingerprint density at radius 3 is 2.64 bits per heavy atom. The van der Waals surface area contributed by atoms with Crippen LogP contribution < -0.4 is 10.5 Å². The molecule has 0 unspecified atom stereocenters. The van der Waals surface area contributed by atoms with E-state index in [0.29, 0.717) is 13.2 Å². The average molecular weight is 258 g/mol. The number of nitrogens with two attached hydrogens (primary N) is 1. The number of rotatable bonds is 2. The maximum atomic E-state index is 6.10. The minimum absolute atomic E-state index is 0.311. The summed E-state index contributed by atoms with van der Waals surface area (Å²) in [6.45, 7) is 1.18. The quantitative estimate of drug-likeness (QED) is 0.877. The Bertz CT molecular complexity index is 350. The largest absolute Gasteiger partial charge is 0.496 e. The lowest BCUT2D eigenvalue weighted by atomic mass is 9.89. The van der Waals surface area contributed by atoms with E-state index in [1.807, 2.05) is 18.2 Å². The first-order valence-electron chi connectivity index (χ1n) is 4.36. The number of halogens is 1. The van der Waals surface area contributed by atoms with Crippen molar-refractivity contribution in [3.05, 3.63) is 28.2 Å². The van der Waals surface area contributed by atoms with Crippen molar-refractivity contribution in [3.8, 4) is 5.75 Å². The first-order chi connectivity index (χ1) is 6.65. The molecule has 1 aliphatic heterocycles. The molecule has 0 aliphatic carbocycles. The Balaban J connectivity index is 2.32. The summed E-state index contributed by atoms with van der Waals surface area (Å²) in [4.78, 5) is 0. The molecule has 2 N–H and O–H groups in total. The van der Waals surface area contributed by atoms with E-state index in [9.17, 15) is 0 Å². The number of ether oxygens (including phenoxy) is 2. The molecule has 0 aromatic heterocycles. The molecule has 0 spiro atoms. The van der Waals surface area contributed by atoms with Crippen LogP contribution in [0.25, 0.3) is 0 Å². The summed E-state index contributed by atoms with van der Waals surface area (Å²) in [6, 6.07) is 5.87. The number of hydrogen-bond donors (Lipinski definition) is 1. The fourth-order valence-electron chi connectivity index (χ4n) is 1.46. The third kappa shape index (κ3) is 1.54. The fourth-order valence-corrected chi connectivity index (χ4v) is 2.01. The Morgan fingerprint density at radius 1 is 1.50 bits per heavy atom. The number of benzene rings is 1. The molecule has 0 atom stereocenters. The lowest BCUT2D eigenvalue weighted by Crippen LogP contribution is -2.54. The van der Waals surface area contributed by atoms with Gasteiger partial charge < -0.3 is 15.2 Å². The van der Waals surface area contributed by atoms with E-state index in [0.717, 1.165) is 15.8 Å². The molecule has 1 fully saturated rings. The smallest absolute Gasteiger partial charge is 0.133 e. The second kappa shape index (κ2) is 3.53. The van der Waals surface area contributed by atoms with Crippen molar-refractivity contribution in [1.82, 2.24) is 0 Å². The second-order valence-corrected chi connectivity index (χ2v) is 4.35. The summed E-state index contributed by atoms with van der Waals surface area (Å²) in [5.41, 5.74) is 6.87. The van der Waals surface area contributed by atoms with Gasteiger partial charge in [0, 0.05) is 0 Å². The normalized spacial score (nSPS) is 18.8. The maximum absolute atomic E-state index is 6.10. The molecule has 0 saturated carbocycles. The van der Waals surface area contributed by atoms with Gasteiger partial charge >= 0.3 is 0 Å². The monoisotopic (exact) mass is 257 g/mol. The van der Waals surface area contributed by atoms with Gasteiger partial charge in [0.25, 0.3) is 0 Å². The minimum atomic E-state index is -0.311. The molecule has 1 aromatic rings. The lowest BCUT2D eigenvalue weighted by Gasteiger charge is -2.38. The van der Waals surface area contributed by atoms with Crippen LogP contribution >= 0.6 is 15.9 Å². The van der Waals surface area contributed by atoms with Gasteiger partial charge in [0.05, 0.1) is 30.3 Å². The predicted molar refractivity (Wildman–Crippen MR) is 57.4 cm³/mol. The number of methoxy groups -OCH3 is 1. The molecule has 14 heavy (non-hydrogen) atoms. The third-order valence-electron chi connectivity index (χ3n) is 2.45. The first kappa shape index (κ1) is 9.96. The summed E-state index contributed by atoms with van der Waals surface area (Å²) in [6.07, 6.45) is 0. The molecular formula is C10H12BrNO2. The van der Waals surface area contributed by atoms with Crippen LogP contribution in [-0.2, 0) is 10.3 Å². The highest BCUT2D eigenvalue weighted by Crippen LogP contribution is 2.32. The van der Waals surface area contributed by atoms with Gasteiger partial charge in [-0.1, -0.05) is 6.07 Å². The molecule has 3 nitrogen and oxygen atoms in total. The zero-order chi connectivity index (χ0) is 10.2. The van der Waals surface area contributed by atoms with Crippen LogP contribution in [0.2, 0.25) is 0 Å². The van der Waals surface area contributed by atoms with Crippen molar-refractivity contribution in [3.63, 3.8) is 0 Å². The van der Waals surface area contributed by atoms with Gasteiger partial charge in [-0.25, -0.2) is 0 Å². The van der Waals surface area contributed by atoms with Gasteiger partial charge in [-0.15, -0.1) is 0 Å². The highest BCUT2D eigenvalue weighted by Gasteiger charge is 2.36. The van der Waals surface area contributed by atoms with Gasteiger partial charge in [0.15, 0.2) is 0 Å². The predicted octanol–water partition coefficient (Wildman–Crippen LogP) is 1.64. The fraction of sp³-hybridized carbons (Fsp3) is 0.400. The van der Waals surface area contributed by atoms with E-state index < -0.39 is 0 Å². The Morgan fingerprint density at radius 2 is 2.21 bits per heavy atom. The molecular weight excluding hydrogens is 246 g/mol. The molecule has 76 valence electrons. The van der Waals surface area contributed by atoms with E-state index in [1.54, 1.807) is 7.11 Å². The zero-order valence-electron chi connectivity index (χ0n) is 7.92. The summed E-state index contributed by atoms with van der Waals surface area (Å²) in [7, 11) is 1.64. The van der Waals surface area contributed by atoms with Crippen molar-refractivity contribution in [2.24, 2.45) is 5.73 Å². The Kier molecular flexibility index (Phi) is 2.51. The molecule has 2 rings (SSSR count). The standard InChI is InChI=1S/C10H12BrNO2/c1-13-9-3-2-7(4-8(9)11)10(12)5-14-6-10/h2-4H,5-6,12H2,1H3. The van der Waals surface area contributed by atoms with Crippen molar-refractivity contribution in [1.29, 1.82) is 0 Å². The summed E-state index contributed by atoms with van der Waals surface area (Å²) < 4.78 is 11.2. The molecule has 0 radical (unpaired) electrons. The highest BCUT2D eigenvalue weighted by molar-refractivity contribution is 9.10. The lowest BCUT2D eigenvalue weighted by molar-refractivity contribution is -0.0569. The van der Waals surface area contributed by atoms with Gasteiger partial charge in [-0.05, 0) is 33.6 Å². The van der Waals surface area contributed by atoms with E-state index in [2.05, 4.69) is 15.9 Å². The Labute approximate surface area is 91.3 Å². The van der Waals surface area contributed by atoms with E-state index >= 15 is 0 Å². The van der Waals surface area contributed by atoms with Crippen LogP contribution in [0, 0.1) is 0 Å². The van der Waals surface area contributed by atoms with E-state index in [4.69, 9.17) is 15.2 Å². The van der Waals surface area contributed by atoms with Crippen LogP contribution in [0.5, 0.6) is 5.75 Å². The van der Waals surface area contributed by atoms with Gasteiger partial charge in [0.2, 0.25) is 0 Å². The van der Waals surface area contributed by atoms with E-state index in [-0.39, 0.29) is 5.54 Å². The molecule has 1 heterocycles. The minimum Gasteiger partial charge on any atom is -0.496 e. The molecule has 0 bridgehead atoms. The van der Waals surface area contributed by atoms with Crippen LogP contribution in [0.1, 0.15) is 5.56 Å². The zero-order valence-corrected chi connectivity index (χ0v) is 9.50.